The van der Waals surface area contributed by atoms with E-state index in [1.165, 1.54) is 0 Å². The van der Waals surface area contributed by atoms with E-state index in [9.17, 15) is 0 Å². The molecule has 0 aliphatic heterocycles. The molecule has 20 heavy (non-hydrogen) atoms. The van der Waals surface area contributed by atoms with E-state index in [-0.39, 0.29) is 24.0 Å². The van der Waals surface area contributed by atoms with Crippen LogP contribution in [0.4, 0.5) is 0 Å². The van der Waals surface area contributed by atoms with Gasteiger partial charge in [0.25, 0.3) is 0 Å². The van der Waals surface area contributed by atoms with Crippen LogP contribution in [0, 0.1) is 5.92 Å². The highest BCUT2D eigenvalue weighted by atomic mass is 127. The first-order chi connectivity index (χ1) is 9.11. The average Bonchev–Trinajstić information content (AvgIpc) is 2.38. The normalized spacial score (nSPS) is 11.2. The van der Waals surface area contributed by atoms with Gasteiger partial charge in [0, 0.05) is 25.8 Å². The standard InChI is InChI=1S/C14H23ClN4.HI/c1-4-16-14(19-9-11(2)3)17-8-7-12-5-6-13(15)18-10-12;/h5-6,10-11H,4,7-9H2,1-3H3,(H2,16,17,19);1H. The highest BCUT2D eigenvalue weighted by molar-refractivity contribution is 14.0. The predicted octanol–water partition coefficient (Wildman–Crippen LogP) is 3.11. The van der Waals surface area contributed by atoms with Crippen LogP contribution in [-0.4, -0.2) is 30.6 Å². The number of aromatic nitrogens is 1. The zero-order valence-corrected chi connectivity index (χ0v) is 15.4. The first-order valence-corrected chi connectivity index (χ1v) is 7.12. The molecule has 6 heteroatoms. The Morgan fingerprint density at radius 1 is 1.35 bits per heavy atom. The fraction of sp³-hybridized carbons (Fsp3) is 0.571. The molecule has 0 aromatic carbocycles. The minimum atomic E-state index is 0. The lowest BCUT2D eigenvalue weighted by atomic mass is 10.2. The molecule has 114 valence electrons. The molecule has 4 nitrogen and oxygen atoms in total. The molecule has 0 aliphatic carbocycles. The summed E-state index contributed by atoms with van der Waals surface area (Å²) in [4.78, 5) is 8.58. The van der Waals surface area contributed by atoms with Crippen molar-refractivity contribution in [3.05, 3.63) is 29.0 Å². The molecule has 0 radical (unpaired) electrons. The summed E-state index contributed by atoms with van der Waals surface area (Å²) in [6.45, 7) is 8.91. The Balaban J connectivity index is 0.00000361. The van der Waals surface area contributed by atoms with Gasteiger partial charge in [0.2, 0.25) is 0 Å². The molecule has 0 unspecified atom stereocenters. The summed E-state index contributed by atoms with van der Waals surface area (Å²) >= 11 is 5.75. The fourth-order valence-corrected chi connectivity index (χ4v) is 1.61. The van der Waals surface area contributed by atoms with Crippen molar-refractivity contribution in [2.24, 2.45) is 10.9 Å². The van der Waals surface area contributed by atoms with Gasteiger partial charge in [0.05, 0.1) is 0 Å². The van der Waals surface area contributed by atoms with E-state index >= 15 is 0 Å². The highest BCUT2D eigenvalue weighted by Gasteiger charge is 1.99. The van der Waals surface area contributed by atoms with Crippen LogP contribution >= 0.6 is 35.6 Å². The minimum absolute atomic E-state index is 0. The van der Waals surface area contributed by atoms with Gasteiger partial charge in [-0.05, 0) is 30.9 Å². The maximum atomic E-state index is 5.75. The number of hydrogen-bond acceptors (Lipinski definition) is 2. The second-order valence-corrected chi connectivity index (χ2v) is 5.17. The first kappa shape index (κ1) is 19.4. The van der Waals surface area contributed by atoms with Gasteiger partial charge >= 0.3 is 0 Å². The second-order valence-electron chi connectivity index (χ2n) is 4.78. The Bertz CT molecular complexity index is 393. The number of hydrogen-bond donors (Lipinski definition) is 2. The lowest BCUT2D eigenvalue weighted by molar-refractivity contribution is 0.656. The monoisotopic (exact) mass is 410 g/mol. The maximum absolute atomic E-state index is 5.75. The molecule has 0 saturated carbocycles. The SMILES string of the molecule is CCNC(=NCC(C)C)NCCc1ccc(Cl)nc1.I. The smallest absolute Gasteiger partial charge is 0.191 e. The first-order valence-electron chi connectivity index (χ1n) is 6.74. The molecule has 0 aliphatic rings. The summed E-state index contributed by atoms with van der Waals surface area (Å²) in [6.07, 6.45) is 2.71. The van der Waals surface area contributed by atoms with Gasteiger partial charge in [-0.25, -0.2) is 4.98 Å². The molecule has 1 aromatic heterocycles. The molecule has 2 N–H and O–H groups in total. The number of guanidine groups is 1. The van der Waals surface area contributed by atoms with Crippen LogP contribution in [0.2, 0.25) is 5.15 Å². The van der Waals surface area contributed by atoms with Crippen molar-refractivity contribution in [2.45, 2.75) is 27.2 Å². The zero-order chi connectivity index (χ0) is 14.1. The minimum Gasteiger partial charge on any atom is -0.357 e. The molecular formula is C14H24ClIN4. The van der Waals surface area contributed by atoms with E-state index in [4.69, 9.17) is 11.6 Å². The van der Waals surface area contributed by atoms with Crippen LogP contribution in [-0.2, 0) is 6.42 Å². The van der Waals surface area contributed by atoms with Crippen molar-refractivity contribution in [3.63, 3.8) is 0 Å². The van der Waals surface area contributed by atoms with E-state index in [0.29, 0.717) is 11.1 Å². The Morgan fingerprint density at radius 3 is 2.65 bits per heavy atom. The predicted molar refractivity (Wildman–Crippen MR) is 97.2 cm³/mol. The van der Waals surface area contributed by atoms with E-state index in [0.717, 1.165) is 37.6 Å². The van der Waals surface area contributed by atoms with Crippen LogP contribution in [0.1, 0.15) is 26.3 Å². The number of rotatable bonds is 6. The lowest BCUT2D eigenvalue weighted by Crippen LogP contribution is -2.38. The van der Waals surface area contributed by atoms with Gasteiger partial charge in [0.1, 0.15) is 5.15 Å². The Kier molecular flexibility index (Phi) is 10.8. The fourth-order valence-electron chi connectivity index (χ4n) is 1.50. The molecule has 0 spiro atoms. The number of nitrogens with zero attached hydrogens (tertiary/aromatic N) is 2. The maximum Gasteiger partial charge on any atom is 0.191 e. The number of halogens is 2. The quantitative estimate of drug-likeness (QED) is 0.328. The molecule has 1 heterocycles. The van der Waals surface area contributed by atoms with Crippen LogP contribution in [0.5, 0.6) is 0 Å². The number of nitrogens with one attached hydrogen (secondary N) is 2. The number of aliphatic imine (C=N–C) groups is 1. The average molecular weight is 411 g/mol. The van der Waals surface area contributed by atoms with Crippen LogP contribution in [0.15, 0.2) is 23.3 Å². The van der Waals surface area contributed by atoms with Crippen molar-refractivity contribution in [1.82, 2.24) is 15.6 Å². The third kappa shape index (κ3) is 8.58. The van der Waals surface area contributed by atoms with Gasteiger partial charge in [-0.15, -0.1) is 24.0 Å². The third-order valence-electron chi connectivity index (χ3n) is 2.45. The van der Waals surface area contributed by atoms with Crippen molar-refractivity contribution in [3.8, 4) is 0 Å². The summed E-state index contributed by atoms with van der Waals surface area (Å²) in [7, 11) is 0. The summed E-state index contributed by atoms with van der Waals surface area (Å²) in [6, 6.07) is 3.81. The zero-order valence-electron chi connectivity index (χ0n) is 12.3. The van der Waals surface area contributed by atoms with Gasteiger partial charge < -0.3 is 10.6 Å². The van der Waals surface area contributed by atoms with Crippen LogP contribution in [0.25, 0.3) is 0 Å². The third-order valence-corrected chi connectivity index (χ3v) is 2.68. The van der Waals surface area contributed by atoms with E-state index < -0.39 is 0 Å². The molecule has 0 bridgehead atoms. The summed E-state index contributed by atoms with van der Waals surface area (Å²) in [5.41, 5.74) is 1.16. The topological polar surface area (TPSA) is 49.3 Å². The molecule has 0 fully saturated rings. The van der Waals surface area contributed by atoms with E-state index in [2.05, 4.69) is 41.4 Å². The van der Waals surface area contributed by atoms with Crippen molar-refractivity contribution in [2.75, 3.05) is 19.6 Å². The highest BCUT2D eigenvalue weighted by Crippen LogP contribution is 2.05. The molecular weight excluding hydrogens is 387 g/mol. The Morgan fingerprint density at radius 2 is 2.10 bits per heavy atom. The van der Waals surface area contributed by atoms with Crippen LogP contribution < -0.4 is 10.6 Å². The van der Waals surface area contributed by atoms with Gasteiger partial charge in [-0.2, -0.15) is 0 Å². The van der Waals surface area contributed by atoms with Crippen LogP contribution in [0.3, 0.4) is 0 Å². The van der Waals surface area contributed by atoms with Crippen molar-refractivity contribution >= 4 is 41.5 Å². The molecule has 0 atom stereocenters. The largest absolute Gasteiger partial charge is 0.357 e. The second kappa shape index (κ2) is 11.1. The van der Waals surface area contributed by atoms with Crippen molar-refractivity contribution < 1.29 is 0 Å². The lowest BCUT2D eigenvalue weighted by Gasteiger charge is -2.11. The Hall–Kier alpha value is -0.560. The summed E-state index contributed by atoms with van der Waals surface area (Å²) in [5.74, 6) is 1.44. The van der Waals surface area contributed by atoms with Gasteiger partial charge in [-0.1, -0.05) is 31.5 Å². The van der Waals surface area contributed by atoms with Crippen molar-refractivity contribution in [1.29, 1.82) is 0 Å². The van der Waals surface area contributed by atoms with E-state index in [1.54, 1.807) is 0 Å². The molecule has 1 aromatic rings. The molecule has 0 amide bonds. The Labute approximate surface area is 143 Å². The summed E-state index contributed by atoms with van der Waals surface area (Å²) in [5, 5.41) is 7.08. The van der Waals surface area contributed by atoms with Gasteiger partial charge in [-0.3, -0.25) is 4.99 Å². The summed E-state index contributed by atoms with van der Waals surface area (Å²) < 4.78 is 0. The molecule has 0 saturated heterocycles. The van der Waals surface area contributed by atoms with E-state index in [1.807, 2.05) is 18.3 Å². The molecule has 1 rings (SSSR count). The number of pyridine rings is 1. The van der Waals surface area contributed by atoms with Gasteiger partial charge in [0.15, 0.2) is 5.96 Å².